The fraction of sp³-hybridized carbons (Fsp3) is 0.0769. The Hall–Kier alpha value is -2.27. The zero-order chi connectivity index (χ0) is 13.8. The molecule has 19 heavy (non-hydrogen) atoms. The zero-order valence-electron chi connectivity index (χ0n) is 9.93. The molecule has 0 spiro atoms. The lowest BCUT2D eigenvalue weighted by atomic mass is 10.1. The molecule has 2 rings (SSSR count). The summed E-state index contributed by atoms with van der Waals surface area (Å²) in [5, 5.41) is 12.2. The summed E-state index contributed by atoms with van der Waals surface area (Å²) in [5.74, 6) is -0.347. The molecule has 1 aromatic carbocycles. The van der Waals surface area contributed by atoms with Gasteiger partial charge in [0.15, 0.2) is 5.82 Å². The normalized spacial score (nSPS) is 10.2. The van der Waals surface area contributed by atoms with Crippen LogP contribution in [0.4, 0.5) is 17.2 Å². The van der Waals surface area contributed by atoms with Crippen LogP contribution in [0, 0.1) is 0 Å². The van der Waals surface area contributed by atoms with Crippen molar-refractivity contribution < 1.29 is 9.90 Å². The van der Waals surface area contributed by atoms with Crippen LogP contribution in [0.1, 0.15) is 5.56 Å². The third kappa shape index (κ3) is 3.59. The second-order valence-electron chi connectivity index (χ2n) is 3.98. The number of rotatable bonds is 4. The van der Waals surface area contributed by atoms with Crippen LogP contribution >= 0.6 is 11.6 Å². The minimum atomic E-state index is -0.857. The van der Waals surface area contributed by atoms with Crippen molar-refractivity contribution in [1.82, 2.24) is 4.98 Å². The number of aliphatic carboxylic acids is 1. The van der Waals surface area contributed by atoms with E-state index in [-0.39, 0.29) is 6.42 Å². The van der Waals surface area contributed by atoms with Crippen molar-refractivity contribution in [2.75, 3.05) is 11.1 Å². The number of nitrogens with two attached hydrogens (primary N) is 1. The van der Waals surface area contributed by atoms with E-state index in [1.807, 2.05) is 0 Å². The summed E-state index contributed by atoms with van der Waals surface area (Å²) in [6.45, 7) is 0. The van der Waals surface area contributed by atoms with Crippen LogP contribution in [0.3, 0.4) is 0 Å². The molecule has 6 heteroatoms. The summed E-state index contributed by atoms with van der Waals surface area (Å²) < 4.78 is 0. The Morgan fingerprint density at radius 3 is 2.63 bits per heavy atom. The van der Waals surface area contributed by atoms with Gasteiger partial charge in [-0.3, -0.25) is 4.79 Å². The molecule has 0 radical (unpaired) electrons. The fourth-order valence-electron chi connectivity index (χ4n) is 1.58. The van der Waals surface area contributed by atoms with E-state index in [1.165, 1.54) is 6.20 Å². The summed E-state index contributed by atoms with van der Waals surface area (Å²) in [7, 11) is 0. The number of pyridine rings is 1. The van der Waals surface area contributed by atoms with Gasteiger partial charge in [0.2, 0.25) is 0 Å². The van der Waals surface area contributed by atoms with Gasteiger partial charge in [-0.2, -0.15) is 0 Å². The molecular formula is C13H12ClN3O2. The quantitative estimate of drug-likeness (QED) is 0.800. The molecule has 0 atom stereocenters. The van der Waals surface area contributed by atoms with Gasteiger partial charge in [-0.05, 0) is 23.8 Å². The second-order valence-corrected chi connectivity index (χ2v) is 4.42. The third-order valence-corrected chi connectivity index (χ3v) is 2.66. The lowest BCUT2D eigenvalue weighted by molar-refractivity contribution is -0.136. The number of nitrogens with one attached hydrogen (secondary N) is 1. The standard InChI is InChI=1S/C13H12ClN3O2/c14-9-6-11(15)13(16-7-9)17-10-3-1-8(2-4-10)5-12(18)19/h1-4,6-7H,5,15H2,(H,16,17)(H,18,19). The molecule has 0 unspecified atom stereocenters. The smallest absolute Gasteiger partial charge is 0.307 e. The number of aromatic nitrogens is 1. The van der Waals surface area contributed by atoms with Gasteiger partial charge in [0.25, 0.3) is 0 Å². The number of hydrogen-bond acceptors (Lipinski definition) is 4. The first-order valence-electron chi connectivity index (χ1n) is 5.53. The van der Waals surface area contributed by atoms with Gasteiger partial charge in [-0.1, -0.05) is 23.7 Å². The van der Waals surface area contributed by atoms with E-state index in [1.54, 1.807) is 30.3 Å². The minimum absolute atomic E-state index is 0.00160. The number of hydrogen-bond donors (Lipinski definition) is 3. The molecular weight excluding hydrogens is 266 g/mol. The summed E-state index contributed by atoms with van der Waals surface area (Å²) in [6, 6.07) is 8.63. The average molecular weight is 278 g/mol. The van der Waals surface area contributed by atoms with E-state index in [9.17, 15) is 4.79 Å². The van der Waals surface area contributed by atoms with Gasteiger partial charge in [-0.25, -0.2) is 4.98 Å². The molecule has 0 aliphatic carbocycles. The maximum Gasteiger partial charge on any atom is 0.307 e. The average Bonchev–Trinajstić information content (AvgIpc) is 2.34. The first-order chi connectivity index (χ1) is 9.04. The Labute approximate surface area is 115 Å². The number of anilines is 3. The highest BCUT2D eigenvalue weighted by Gasteiger charge is 2.04. The van der Waals surface area contributed by atoms with E-state index in [0.717, 1.165) is 11.3 Å². The Bertz CT molecular complexity index is 599. The lowest BCUT2D eigenvalue weighted by Crippen LogP contribution is -2.01. The van der Waals surface area contributed by atoms with Crippen molar-refractivity contribution in [2.24, 2.45) is 0 Å². The zero-order valence-corrected chi connectivity index (χ0v) is 10.7. The van der Waals surface area contributed by atoms with Gasteiger partial charge in [-0.15, -0.1) is 0 Å². The monoisotopic (exact) mass is 277 g/mol. The Morgan fingerprint density at radius 2 is 2.05 bits per heavy atom. The van der Waals surface area contributed by atoms with E-state index in [0.29, 0.717) is 16.5 Å². The maximum absolute atomic E-state index is 10.6. The molecule has 0 saturated carbocycles. The first kappa shape index (κ1) is 13.2. The predicted molar refractivity (Wildman–Crippen MR) is 74.7 cm³/mol. The number of benzene rings is 1. The van der Waals surface area contributed by atoms with Crippen molar-refractivity contribution in [2.45, 2.75) is 6.42 Å². The van der Waals surface area contributed by atoms with E-state index in [2.05, 4.69) is 10.3 Å². The van der Waals surface area contributed by atoms with Crippen molar-refractivity contribution in [3.63, 3.8) is 0 Å². The van der Waals surface area contributed by atoms with E-state index >= 15 is 0 Å². The van der Waals surface area contributed by atoms with Crippen LogP contribution < -0.4 is 11.1 Å². The summed E-state index contributed by atoms with van der Waals surface area (Å²) in [5.41, 5.74) is 7.73. The van der Waals surface area contributed by atoms with Crippen molar-refractivity contribution >= 4 is 34.8 Å². The van der Waals surface area contributed by atoms with E-state index < -0.39 is 5.97 Å². The molecule has 2 aromatic rings. The molecule has 0 aliphatic rings. The number of carboxylic acid groups (broad SMARTS) is 1. The van der Waals surface area contributed by atoms with Gasteiger partial charge >= 0.3 is 5.97 Å². The van der Waals surface area contributed by atoms with Gasteiger partial charge in [0.1, 0.15) is 0 Å². The van der Waals surface area contributed by atoms with Crippen LogP contribution in [0.2, 0.25) is 5.02 Å². The van der Waals surface area contributed by atoms with Crippen molar-refractivity contribution in [1.29, 1.82) is 0 Å². The Balaban J connectivity index is 2.13. The highest BCUT2D eigenvalue weighted by atomic mass is 35.5. The fourth-order valence-corrected chi connectivity index (χ4v) is 1.74. The molecule has 1 aromatic heterocycles. The van der Waals surface area contributed by atoms with E-state index in [4.69, 9.17) is 22.4 Å². The Kier molecular flexibility index (Phi) is 3.87. The molecule has 1 heterocycles. The number of halogens is 1. The molecule has 98 valence electrons. The highest BCUT2D eigenvalue weighted by Crippen LogP contribution is 2.23. The summed E-state index contributed by atoms with van der Waals surface area (Å²) in [4.78, 5) is 14.6. The number of nitrogens with zero attached hydrogens (tertiary/aromatic N) is 1. The molecule has 0 fully saturated rings. The second kappa shape index (κ2) is 5.58. The number of carbonyl (C=O) groups is 1. The minimum Gasteiger partial charge on any atom is -0.481 e. The molecule has 0 bridgehead atoms. The largest absolute Gasteiger partial charge is 0.481 e. The van der Waals surface area contributed by atoms with Gasteiger partial charge in [0.05, 0.1) is 17.1 Å². The van der Waals surface area contributed by atoms with Crippen LogP contribution in [0.5, 0.6) is 0 Å². The Morgan fingerprint density at radius 1 is 1.37 bits per heavy atom. The maximum atomic E-state index is 10.6. The van der Waals surface area contributed by atoms with Crippen LogP contribution in [-0.2, 0) is 11.2 Å². The third-order valence-electron chi connectivity index (χ3n) is 2.46. The summed E-state index contributed by atoms with van der Waals surface area (Å²) in [6.07, 6.45) is 1.50. The molecule has 0 aliphatic heterocycles. The molecule has 5 nitrogen and oxygen atoms in total. The molecule has 0 amide bonds. The molecule has 4 N–H and O–H groups in total. The van der Waals surface area contributed by atoms with Crippen LogP contribution in [0.15, 0.2) is 36.5 Å². The SMILES string of the molecule is Nc1cc(Cl)cnc1Nc1ccc(CC(=O)O)cc1. The lowest BCUT2D eigenvalue weighted by Gasteiger charge is -2.08. The molecule has 0 saturated heterocycles. The number of carboxylic acids is 1. The van der Waals surface area contributed by atoms with Crippen molar-refractivity contribution in [3.8, 4) is 0 Å². The van der Waals surface area contributed by atoms with Crippen LogP contribution in [0.25, 0.3) is 0 Å². The number of nitrogen functional groups attached to an aromatic ring is 1. The van der Waals surface area contributed by atoms with Crippen molar-refractivity contribution in [3.05, 3.63) is 47.1 Å². The highest BCUT2D eigenvalue weighted by molar-refractivity contribution is 6.30. The van der Waals surface area contributed by atoms with Crippen LogP contribution in [-0.4, -0.2) is 16.1 Å². The van der Waals surface area contributed by atoms with Gasteiger partial charge < -0.3 is 16.2 Å². The topological polar surface area (TPSA) is 88.2 Å². The van der Waals surface area contributed by atoms with Gasteiger partial charge in [0, 0.05) is 11.9 Å². The predicted octanol–water partition coefficient (Wildman–Crippen LogP) is 2.69. The first-order valence-corrected chi connectivity index (χ1v) is 5.91. The summed E-state index contributed by atoms with van der Waals surface area (Å²) >= 11 is 5.76.